The van der Waals surface area contributed by atoms with Gasteiger partial charge in [0.05, 0.1) is 11.3 Å². The predicted molar refractivity (Wildman–Crippen MR) is 64.8 cm³/mol. The van der Waals surface area contributed by atoms with E-state index in [4.69, 9.17) is 0 Å². The summed E-state index contributed by atoms with van der Waals surface area (Å²) in [6.07, 6.45) is 4.01. The Morgan fingerprint density at radius 2 is 2.35 bits per heavy atom. The number of carbonyl (C=O) groups excluding carboxylic acids is 1. The van der Waals surface area contributed by atoms with Gasteiger partial charge in [-0.15, -0.1) is 0 Å². The second kappa shape index (κ2) is 4.78. The number of anilines is 1. The fourth-order valence-electron chi connectivity index (χ4n) is 1.50. The summed E-state index contributed by atoms with van der Waals surface area (Å²) in [6.45, 7) is 2.02. The molecule has 2 rings (SSSR count). The molecule has 0 saturated heterocycles. The molecule has 0 aliphatic rings. The molecule has 5 heteroatoms. The molecular formula is C12H14N4O. The first kappa shape index (κ1) is 11.3. The van der Waals surface area contributed by atoms with Crippen molar-refractivity contribution in [3.63, 3.8) is 0 Å². The Balaban J connectivity index is 2.16. The van der Waals surface area contributed by atoms with Crippen molar-refractivity contribution in [2.24, 2.45) is 7.05 Å². The monoisotopic (exact) mass is 230 g/mol. The average molecular weight is 230 g/mol. The molecule has 5 nitrogen and oxygen atoms in total. The molecule has 17 heavy (non-hydrogen) atoms. The zero-order valence-electron chi connectivity index (χ0n) is 9.84. The van der Waals surface area contributed by atoms with Crippen LogP contribution in [0.1, 0.15) is 23.0 Å². The summed E-state index contributed by atoms with van der Waals surface area (Å²) in [7, 11) is 1.80. The van der Waals surface area contributed by atoms with Crippen LogP contribution < -0.4 is 5.32 Å². The maximum Gasteiger partial charge on any atom is 0.258 e. The van der Waals surface area contributed by atoms with E-state index in [0.29, 0.717) is 11.4 Å². The highest BCUT2D eigenvalue weighted by Gasteiger charge is 2.09. The van der Waals surface area contributed by atoms with Crippen molar-refractivity contribution in [2.75, 3.05) is 5.32 Å². The highest BCUT2D eigenvalue weighted by molar-refractivity contribution is 6.03. The summed E-state index contributed by atoms with van der Waals surface area (Å²) in [4.78, 5) is 15.8. The predicted octanol–water partition coefficient (Wildman–Crippen LogP) is 1.63. The van der Waals surface area contributed by atoms with E-state index in [-0.39, 0.29) is 5.91 Å². The molecule has 0 atom stereocenters. The number of aryl methyl sites for hydroxylation is 2. The Kier molecular flexibility index (Phi) is 3.18. The topological polar surface area (TPSA) is 59.8 Å². The molecule has 2 heterocycles. The minimum atomic E-state index is -0.177. The average Bonchev–Trinajstić information content (AvgIpc) is 2.71. The lowest BCUT2D eigenvalue weighted by Gasteiger charge is -2.04. The lowest BCUT2D eigenvalue weighted by molar-refractivity contribution is 0.102. The van der Waals surface area contributed by atoms with Crippen LogP contribution in [0.4, 0.5) is 5.82 Å². The number of rotatable bonds is 3. The van der Waals surface area contributed by atoms with E-state index in [9.17, 15) is 4.79 Å². The minimum absolute atomic E-state index is 0.177. The molecule has 1 N–H and O–H groups in total. The molecule has 2 aromatic rings. The summed E-state index contributed by atoms with van der Waals surface area (Å²) in [5, 5.41) is 7.06. The molecule has 0 saturated carbocycles. The number of hydrogen-bond acceptors (Lipinski definition) is 3. The van der Waals surface area contributed by atoms with E-state index < -0.39 is 0 Å². The molecule has 0 unspecified atom stereocenters. The van der Waals surface area contributed by atoms with Crippen molar-refractivity contribution in [2.45, 2.75) is 13.3 Å². The third-order valence-electron chi connectivity index (χ3n) is 2.46. The van der Waals surface area contributed by atoms with Crippen molar-refractivity contribution in [1.29, 1.82) is 0 Å². The Morgan fingerprint density at radius 3 is 2.94 bits per heavy atom. The van der Waals surface area contributed by atoms with Gasteiger partial charge in [-0.2, -0.15) is 5.10 Å². The van der Waals surface area contributed by atoms with Crippen molar-refractivity contribution >= 4 is 11.7 Å². The van der Waals surface area contributed by atoms with Crippen molar-refractivity contribution < 1.29 is 4.79 Å². The van der Waals surface area contributed by atoms with Gasteiger partial charge in [0.25, 0.3) is 5.91 Å². The van der Waals surface area contributed by atoms with E-state index in [2.05, 4.69) is 15.4 Å². The fourth-order valence-corrected chi connectivity index (χ4v) is 1.50. The lowest BCUT2D eigenvalue weighted by Crippen LogP contribution is -2.14. The molecule has 0 fully saturated rings. The lowest BCUT2D eigenvalue weighted by atomic mass is 10.2. The van der Waals surface area contributed by atoms with Gasteiger partial charge in [0.1, 0.15) is 5.82 Å². The molecule has 2 aromatic heterocycles. The zero-order chi connectivity index (χ0) is 12.3. The van der Waals surface area contributed by atoms with Crippen molar-refractivity contribution in [1.82, 2.24) is 14.8 Å². The molecule has 1 amide bonds. The van der Waals surface area contributed by atoms with Gasteiger partial charge in [0.2, 0.25) is 0 Å². The van der Waals surface area contributed by atoms with E-state index >= 15 is 0 Å². The number of nitrogens with zero attached hydrogens (tertiary/aromatic N) is 3. The maximum absolute atomic E-state index is 11.9. The van der Waals surface area contributed by atoms with Crippen LogP contribution in [-0.2, 0) is 13.5 Å². The van der Waals surface area contributed by atoms with Gasteiger partial charge in [0, 0.05) is 25.5 Å². The third-order valence-corrected chi connectivity index (χ3v) is 2.46. The summed E-state index contributed by atoms with van der Waals surface area (Å²) >= 11 is 0. The van der Waals surface area contributed by atoms with Gasteiger partial charge >= 0.3 is 0 Å². The highest BCUT2D eigenvalue weighted by Crippen LogP contribution is 2.11. The molecule has 0 aromatic carbocycles. The highest BCUT2D eigenvalue weighted by atomic mass is 16.1. The quantitative estimate of drug-likeness (QED) is 0.871. The number of nitrogens with one attached hydrogen (secondary N) is 1. The standard InChI is InChI=1S/C12H14N4O/c1-3-10-7-11(16(2)15-10)14-12(17)9-5-4-6-13-8-9/h4-8H,3H2,1-2H3,(H,14,17). The van der Waals surface area contributed by atoms with E-state index in [1.54, 1.807) is 30.1 Å². The van der Waals surface area contributed by atoms with Crippen LogP contribution in [0.3, 0.4) is 0 Å². The van der Waals surface area contributed by atoms with Crippen LogP contribution in [0.2, 0.25) is 0 Å². The van der Waals surface area contributed by atoms with Gasteiger partial charge in [0.15, 0.2) is 0 Å². The zero-order valence-corrected chi connectivity index (χ0v) is 9.84. The second-order valence-corrected chi connectivity index (χ2v) is 3.69. The van der Waals surface area contributed by atoms with Crippen LogP contribution in [0, 0.1) is 0 Å². The van der Waals surface area contributed by atoms with Crippen LogP contribution in [0.5, 0.6) is 0 Å². The van der Waals surface area contributed by atoms with Gasteiger partial charge in [-0.25, -0.2) is 0 Å². The van der Waals surface area contributed by atoms with Crippen molar-refractivity contribution in [3.05, 3.63) is 41.9 Å². The smallest absolute Gasteiger partial charge is 0.258 e. The molecule has 0 bridgehead atoms. The summed E-state index contributed by atoms with van der Waals surface area (Å²) < 4.78 is 1.66. The largest absolute Gasteiger partial charge is 0.307 e. The van der Waals surface area contributed by atoms with Gasteiger partial charge in [-0.3, -0.25) is 14.5 Å². The van der Waals surface area contributed by atoms with Gasteiger partial charge in [-0.05, 0) is 18.6 Å². The maximum atomic E-state index is 11.9. The third kappa shape index (κ3) is 2.50. The number of aromatic nitrogens is 3. The SMILES string of the molecule is CCc1cc(NC(=O)c2cccnc2)n(C)n1. The summed E-state index contributed by atoms with van der Waals surface area (Å²) in [5.74, 6) is 0.513. The summed E-state index contributed by atoms with van der Waals surface area (Å²) in [6, 6.07) is 5.32. The first-order valence-corrected chi connectivity index (χ1v) is 5.45. The molecule has 0 spiro atoms. The van der Waals surface area contributed by atoms with Crippen molar-refractivity contribution in [3.8, 4) is 0 Å². The fraction of sp³-hybridized carbons (Fsp3) is 0.250. The van der Waals surface area contributed by atoms with Crippen LogP contribution in [0.15, 0.2) is 30.6 Å². The Labute approximate surface area is 99.5 Å². The second-order valence-electron chi connectivity index (χ2n) is 3.69. The molecule has 0 radical (unpaired) electrons. The minimum Gasteiger partial charge on any atom is -0.307 e. The van der Waals surface area contributed by atoms with E-state index in [0.717, 1.165) is 12.1 Å². The van der Waals surface area contributed by atoms with Gasteiger partial charge < -0.3 is 5.32 Å². The molecular weight excluding hydrogens is 216 g/mol. The first-order valence-electron chi connectivity index (χ1n) is 5.45. The Bertz CT molecular complexity index is 519. The Hall–Kier alpha value is -2.17. The summed E-state index contributed by atoms with van der Waals surface area (Å²) in [5.41, 5.74) is 1.49. The number of carbonyl (C=O) groups is 1. The first-order chi connectivity index (χ1) is 8.20. The van der Waals surface area contributed by atoms with Crippen LogP contribution >= 0.6 is 0 Å². The normalized spacial score (nSPS) is 10.2. The molecule has 0 aliphatic carbocycles. The number of hydrogen-bond donors (Lipinski definition) is 1. The molecule has 88 valence electrons. The van der Waals surface area contributed by atoms with Crippen LogP contribution in [0.25, 0.3) is 0 Å². The van der Waals surface area contributed by atoms with E-state index in [1.807, 2.05) is 13.0 Å². The molecule has 0 aliphatic heterocycles. The number of pyridine rings is 1. The van der Waals surface area contributed by atoms with E-state index in [1.165, 1.54) is 6.20 Å². The van der Waals surface area contributed by atoms with Crippen LogP contribution in [-0.4, -0.2) is 20.7 Å². The van der Waals surface area contributed by atoms with Gasteiger partial charge in [-0.1, -0.05) is 6.92 Å². The Morgan fingerprint density at radius 1 is 1.53 bits per heavy atom. The number of amides is 1.